The zero-order chi connectivity index (χ0) is 32.5. The van der Waals surface area contributed by atoms with Gasteiger partial charge < -0.3 is 29.2 Å². The van der Waals surface area contributed by atoms with Crippen LogP contribution in [-0.2, 0) is 0 Å². The summed E-state index contributed by atoms with van der Waals surface area (Å²) in [6.45, 7) is 7.73. The van der Waals surface area contributed by atoms with E-state index >= 15 is 0 Å². The fraction of sp³-hybridized carbons (Fsp3) is 0.211. The number of phenolic OH excluding ortho intramolecular Hbond substituents is 2. The Hall–Kier alpha value is -5.10. The second-order valence-corrected chi connectivity index (χ2v) is 9.65. The Morgan fingerprint density at radius 3 is 1.09 bits per heavy atom. The van der Waals surface area contributed by atoms with Crippen LogP contribution in [0, 0.1) is 13.8 Å². The van der Waals surface area contributed by atoms with Crippen molar-refractivity contribution >= 4 is 24.3 Å². The van der Waals surface area contributed by atoms with Crippen molar-refractivity contribution in [2.24, 2.45) is 0 Å². The van der Waals surface area contributed by atoms with Crippen molar-refractivity contribution in [3.63, 3.8) is 0 Å². The third kappa shape index (κ3) is 11.0. The van der Waals surface area contributed by atoms with Crippen molar-refractivity contribution in [1.82, 2.24) is 0 Å². The summed E-state index contributed by atoms with van der Waals surface area (Å²) in [5.74, 6) is 3.61. The SMILES string of the molecule is C/C=C/c1ccc(O)c(C)c1.C/C=C/c1ccc(OC)c(OC)c1.COc1ccc(/C=C/c2ccc(O)c(C)c2)cc1OC. The number of hydrogen-bond acceptors (Lipinski definition) is 6. The van der Waals surface area contributed by atoms with Gasteiger partial charge in [0.1, 0.15) is 11.5 Å². The van der Waals surface area contributed by atoms with Gasteiger partial charge in [-0.25, -0.2) is 0 Å². The second-order valence-electron chi connectivity index (χ2n) is 9.65. The fourth-order valence-corrected chi connectivity index (χ4v) is 4.05. The Morgan fingerprint density at radius 1 is 0.432 bits per heavy atom. The van der Waals surface area contributed by atoms with Gasteiger partial charge in [-0.1, -0.05) is 60.7 Å². The number of aryl methyl sites for hydroxylation is 2. The Kier molecular flexibility index (Phi) is 14.7. The first-order chi connectivity index (χ1) is 21.2. The van der Waals surface area contributed by atoms with Crippen LogP contribution in [0.3, 0.4) is 0 Å². The smallest absolute Gasteiger partial charge is 0.161 e. The van der Waals surface area contributed by atoms with Gasteiger partial charge in [0.05, 0.1) is 28.4 Å². The van der Waals surface area contributed by atoms with Gasteiger partial charge in [-0.15, -0.1) is 0 Å². The van der Waals surface area contributed by atoms with Gasteiger partial charge in [-0.2, -0.15) is 0 Å². The molecule has 6 nitrogen and oxygen atoms in total. The van der Waals surface area contributed by atoms with Gasteiger partial charge in [-0.05, 0) is 110 Å². The van der Waals surface area contributed by atoms with Crippen molar-refractivity contribution in [2.45, 2.75) is 27.7 Å². The van der Waals surface area contributed by atoms with Crippen LogP contribution >= 0.6 is 0 Å². The molecule has 0 atom stereocenters. The second kappa shape index (κ2) is 18.4. The summed E-state index contributed by atoms with van der Waals surface area (Å²) < 4.78 is 20.8. The van der Waals surface area contributed by atoms with Gasteiger partial charge in [0.2, 0.25) is 0 Å². The third-order valence-electron chi connectivity index (χ3n) is 6.44. The number of phenols is 2. The van der Waals surface area contributed by atoms with E-state index in [9.17, 15) is 10.2 Å². The first-order valence-electron chi connectivity index (χ1n) is 14.2. The van der Waals surface area contributed by atoms with Crippen LogP contribution < -0.4 is 18.9 Å². The number of benzene rings is 4. The molecule has 0 bridgehead atoms. The van der Waals surface area contributed by atoms with E-state index < -0.39 is 0 Å². The molecule has 4 aromatic carbocycles. The Morgan fingerprint density at radius 2 is 0.750 bits per heavy atom. The highest BCUT2D eigenvalue weighted by Gasteiger charge is 2.03. The maximum atomic E-state index is 9.50. The Labute approximate surface area is 262 Å². The molecule has 0 spiro atoms. The normalized spacial score (nSPS) is 10.6. The van der Waals surface area contributed by atoms with Crippen molar-refractivity contribution in [1.29, 1.82) is 0 Å². The number of methoxy groups -OCH3 is 4. The van der Waals surface area contributed by atoms with E-state index in [2.05, 4.69) is 0 Å². The van der Waals surface area contributed by atoms with Gasteiger partial charge in [-0.3, -0.25) is 0 Å². The summed E-state index contributed by atoms with van der Waals surface area (Å²) in [4.78, 5) is 0. The van der Waals surface area contributed by atoms with E-state index in [1.54, 1.807) is 40.6 Å². The quantitative estimate of drug-likeness (QED) is 0.197. The molecule has 2 N–H and O–H groups in total. The van der Waals surface area contributed by atoms with Gasteiger partial charge in [0.15, 0.2) is 23.0 Å². The molecule has 0 aromatic heterocycles. The lowest BCUT2D eigenvalue weighted by molar-refractivity contribution is 0.355. The van der Waals surface area contributed by atoms with Crippen molar-refractivity contribution < 1.29 is 29.2 Å². The molecule has 0 saturated carbocycles. The van der Waals surface area contributed by atoms with E-state index in [0.29, 0.717) is 23.0 Å². The van der Waals surface area contributed by atoms with Crippen LogP contribution in [0.2, 0.25) is 0 Å². The molecule has 44 heavy (non-hydrogen) atoms. The summed E-state index contributed by atoms with van der Waals surface area (Å²) in [5.41, 5.74) is 6.08. The number of aromatic hydroxyl groups is 2. The molecular weight excluding hydrogens is 552 g/mol. The fourth-order valence-electron chi connectivity index (χ4n) is 4.05. The van der Waals surface area contributed by atoms with Gasteiger partial charge in [0.25, 0.3) is 0 Å². The average molecular weight is 597 g/mol. The summed E-state index contributed by atoms with van der Waals surface area (Å²) in [7, 11) is 6.51. The average Bonchev–Trinajstić information content (AvgIpc) is 3.04. The molecule has 6 heteroatoms. The molecular formula is C38H44O6. The van der Waals surface area contributed by atoms with Crippen LogP contribution in [0.5, 0.6) is 34.5 Å². The van der Waals surface area contributed by atoms with Crippen LogP contribution in [-0.4, -0.2) is 38.7 Å². The molecule has 0 aliphatic rings. The zero-order valence-electron chi connectivity index (χ0n) is 26.9. The number of allylic oxidation sites excluding steroid dienone is 2. The van der Waals surface area contributed by atoms with Crippen molar-refractivity contribution in [3.05, 3.63) is 118 Å². The first kappa shape index (κ1) is 35.1. The third-order valence-corrected chi connectivity index (χ3v) is 6.44. The molecule has 0 aliphatic heterocycles. The Balaban J connectivity index is 0.000000244. The first-order valence-corrected chi connectivity index (χ1v) is 14.2. The molecule has 0 fully saturated rings. The van der Waals surface area contributed by atoms with Crippen LogP contribution in [0.15, 0.2) is 84.9 Å². The topological polar surface area (TPSA) is 77.4 Å². The van der Waals surface area contributed by atoms with E-state index in [0.717, 1.165) is 44.9 Å². The molecule has 4 rings (SSSR count). The molecule has 0 amide bonds. The predicted octanol–water partition coefficient (Wildman–Crippen LogP) is 9.36. The molecule has 0 saturated heterocycles. The zero-order valence-corrected chi connectivity index (χ0v) is 26.9. The van der Waals surface area contributed by atoms with Crippen LogP contribution in [0.1, 0.15) is 47.2 Å². The molecule has 0 radical (unpaired) electrons. The van der Waals surface area contributed by atoms with Crippen LogP contribution in [0.4, 0.5) is 0 Å². The van der Waals surface area contributed by atoms with E-state index in [-0.39, 0.29) is 0 Å². The summed E-state index contributed by atoms with van der Waals surface area (Å²) >= 11 is 0. The molecule has 4 aromatic rings. The summed E-state index contributed by atoms with van der Waals surface area (Å²) in [5, 5.41) is 18.7. The molecule has 0 unspecified atom stereocenters. The minimum absolute atomic E-state index is 0.313. The molecule has 232 valence electrons. The summed E-state index contributed by atoms with van der Waals surface area (Å²) in [6.07, 6.45) is 12.0. The predicted molar refractivity (Wildman–Crippen MR) is 183 cm³/mol. The minimum Gasteiger partial charge on any atom is -0.508 e. The number of ether oxygens (including phenoxy) is 4. The van der Waals surface area contributed by atoms with E-state index in [1.165, 1.54) is 0 Å². The largest absolute Gasteiger partial charge is 0.508 e. The molecule has 0 aliphatic carbocycles. The van der Waals surface area contributed by atoms with Crippen LogP contribution in [0.25, 0.3) is 24.3 Å². The molecule has 0 heterocycles. The maximum absolute atomic E-state index is 9.50. The van der Waals surface area contributed by atoms with E-state index in [1.807, 2.05) is 125 Å². The van der Waals surface area contributed by atoms with E-state index in [4.69, 9.17) is 18.9 Å². The highest BCUT2D eigenvalue weighted by Crippen LogP contribution is 2.29. The maximum Gasteiger partial charge on any atom is 0.161 e. The van der Waals surface area contributed by atoms with Gasteiger partial charge in [0, 0.05) is 0 Å². The van der Waals surface area contributed by atoms with Crippen molar-refractivity contribution in [3.8, 4) is 34.5 Å². The van der Waals surface area contributed by atoms with Gasteiger partial charge >= 0.3 is 0 Å². The highest BCUT2D eigenvalue weighted by molar-refractivity contribution is 5.71. The highest BCUT2D eigenvalue weighted by atomic mass is 16.5. The monoisotopic (exact) mass is 596 g/mol. The Bertz CT molecular complexity index is 1570. The number of rotatable bonds is 8. The standard InChI is InChI=1S/C17H18O3.C11H14O2.C10H12O/c1-12-10-13(6-8-15(12)18)4-5-14-7-9-16(19-2)17(11-14)20-3;1-4-5-9-6-7-10(12-2)11(8-9)13-3;1-3-4-9-5-6-10(11)8(2)7-9/h4-11,18H,1-3H3;4-8H,1-3H3;3-7,11H,1-2H3/b2*5-4+;4-3+. The van der Waals surface area contributed by atoms with Crippen molar-refractivity contribution in [2.75, 3.05) is 28.4 Å². The minimum atomic E-state index is 0.313. The lowest BCUT2D eigenvalue weighted by Crippen LogP contribution is -1.90. The lowest BCUT2D eigenvalue weighted by Gasteiger charge is -2.07. The lowest BCUT2D eigenvalue weighted by atomic mass is 10.1. The number of hydrogen-bond donors (Lipinski definition) is 2. The summed E-state index contributed by atoms with van der Waals surface area (Å²) in [6, 6.07) is 22.7.